The Hall–Kier alpha value is -1.13. The number of rotatable bonds is 2. The van der Waals surface area contributed by atoms with E-state index in [2.05, 4.69) is 4.98 Å². The molecule has 2 rings (SSSR count). The molecule has 1 aromatic rings. The van der Waals surface area contributed by atoms with Gasteiger partial charge in [0.15, 0.2) is 0 Å². The third kappa shape index (κ3) is 1.86. The molecule has 2 heterocycles. The molecule has 1 aliphatic rings. The van der Waals surface area contributed by atoms with Gasteiger partial charge in [0, 0.05) is 6.20 Å². The fourth-order valence-corrected chi connectivity index (χ4v) is 1.69. The molecule has 1 aliphatic heterocycles. The zero-order valence-electron chi connectivity index (χ0n) is 7.89. The third-order valence-electron chi connectivity index (χ3n) is 2.49. The number of ether oxygens (including phenoxy) is 1. The largest absolute Gasteiger partial charge is 0.394 e. The van der Waals surface area contributed by atoms with Gasteiger partial charge in [-0.15, -0.1) is 0 Å². The Balaban J connectivity index is 2.06. The second-order valence-corrected chi connectivity index (χ2v) is 3.52. The topological polar surface area (TPSA) is 68.4 Å². The number of aliphatic hydroxyl groups excluding tert-OH is 1. The van der Waals surface area contributed by atoms with Crippen LogP contribution < -0.4 is 5.73 Å². The molecule has 76 valence electrons. The van der Waals surface area contributed by atoms with Crippen molar-refractivity contribution in [2.24, 2.45) is 0 Å². The van der Waals surface area contributed by atoms with Crippen LogP contribution in [0, 0.1) is 0 Å². The first kappa shape index (κ1) is 9.43. The highest BCUT2D eigenvalue weighted by Crippen LogP contribution is 2.32. The molecule has 0 bridgehead atoms. The molecule has 0 aliphatic carbocycles. The summed E-state index contributed by atoms with van der Waals surface area (Å²) in [6.07, 6.45) is 3.64. The summed E-state index contributed by atoms with van der Waals surface area (Å²) < 4.78 is 5.61. The van der Waals surface area contributed by atoms with Gasteiger partial charge in [0.25, 0.3) is 0 Å². The number of nitrogen functional groups attached to an aromatic ring is 1. The van der Waals surface area contributed by atoms with Crippen LogP contribution in [0.25, 0.3) is 0 Å². The van der Waals surface area contributed by atoms with Gasteiger partial charge in [-0.25, -0.2) is 4.98 Å². The van der Waals surface area contributed by atoms with Crippen molar-refractivity contribution in [3.8, 4) is 0 Å². The number of nitrogens with two attached hydrogens (primary N) is 1. The quantitative estimate of drug-likeness (QED) is 0.733. The number of hydrogen-bond acceptors (Lipinski definition) is 4. The Bertz CT molecular complexity index is 299. The molecular formula is C10H14N2O2. The average molecular weight is 194 g/mol. The summed E-state index contributed by atoms with van der Waals surface area (Å²) in [6.45, 7) is 0.0961. The van der Waals surface area contributed by atoms with E-state index in [0.29, 0.717) is 5.82 Å². The molecular weight excluding hydrogens is 180 g/mol. The Morgan fingerprint density at radius 1 is 1.50 bits per heavy atom. The Morgan fingerprint density at radius 3 is 2.93 bits per heavy atom. The predicted octanol–water partition coefficient (Wildman–Crippen LogP) is 0.876. The van der Waals surface area contributed by atoms with Crippen molar-refractivity contribution in [3.05, 3.63) is 23.9 Å². The van der Waals surface area contributed by atoms with E-state index in [-0.39, 0.29) is 18.8 Å². The van der Waals surface area contributed by atoms with Gasteiger partial charge in [-0.1, -0.05) is 6.07 Å². The second kappa shape index (κ2) is 3.94. The van der Waals surface area contributed by atoms with E-state index in [4.69, 9.17) is 15.6 Å². The van der Waals surface area contributed by atoms with Crippen LogP contribution in [0.4, 0.5) is 5.82 Å². The first-order valence-corrected chi connectivity index (χ1v) is 4.77. The van der Waals surface area contributed by atoms with Crippen LogP contribution in [-0.2, 0) is 4.74 Å². The average Bonchev–Trinajstić information content (AvgIpc) is 2.67. The fraction of sp³-hybridized carbons (Fsp3) is 0.500. The number of anilines is 1. The Kier molecular flexibility index (Phi) is 2.65. The summed E-state index contributed by atoms with van der Waals surface area (Å²) in [6, 6.07) is 3.69. The first-order chi connectivity index (χ1) is 6.79. The smallest absolute Gasteiger partial charge is 0.123 e. The van der Waals surface area contributed by atoms with Gasteiger partial charge in [0.1, 0.15) is 5.82 Å². The van der Waals surface area contributed by atoms with Crippen LogP contribution in [0.3, 0.4) is 0 Å². The minimum Gasteiger partial charge on any atom is -0.394 e. The number of hydrogen-bond donors (Lipinski definition) is 2. The van der Waals surface area contributed by atoms with Crippen molar-refractivity contribution in [1.82, 2.24) is 4.98 Å². The minimum absolute atomic E-state index is 0.0162. The lowest BCUT2D eigenvalue weighted by atomic mass is 10.1. The zero-order chi connectivity index (χ0) is 9.97. The van der Waals surface area contributed by atoms with Crippen LogP contribution in [-0.4, -0.2) is 22.8 Å². The van der Waals surface area contributed by atoms with E-state index in [0.717, 1.165) is 18.4 Å². The lowest BCUT2D eigenvalue weighted by Crippen LogP contribution is -2.11. The summed E-state index contributed by atoms with van der Waals surface area (Å²) in [5, 5.41) is 8.91. The highest BCUT2D eigenvalue weighted by molar-refractivity contribution is 5.30. The SMILES string of the molecule is Nc1ccc([C@H]2CC[C@@H](CO)O2)cn1. The maximum absolute atomic E-state index is 8.91. The third-order valence-corrected chi connectivity index (χ3v) is 2.49. The van der Waals surface area contributed by atoms with E-state index >= 15 is 0 Å². The van der Waals surface area contributed by atoms with Gasteiger partial charge in [-0.3, -0.25) is 0 Å². The second-order valence-electron chi connectivity index (χ2n) is 3.52. The molecule has 1 fully saturated rings. The number of nitrogens with zero attached hydrogens (tertiary/aromatic N) is 1. The van der Waals surface area contributed by atoms with Gasteiger partial charge in [0.2, 0.25) is 0 Å². The zero-order valence-corrected chi connectivity index (χ0v) is 7.89. The fourth-order valence-electron chi connectivity index (χ4n) is 1.69. The van der Waals surface area contributed by atoms with Crippen molar-refractivity contribution in [2.45, 2.75) is 25.0 Å². The molecule has 2 atom stereocenters. The molecule has 14 heavy (non-hydrogen) atoms. The molecule has 0 unspecified atom stereocenters. The van der Waals surface area contributed by atoms with Crippen LogP contribution >= 0.6 is 0 Å². The first-order valence-electron chi connectivity index (χ1n) is 4.77. The van der Waals surface area contributed by atoms with Crippen LogP contribution in [0.15, 0.2) is 18.3 Å². The summed E-state index contributed by atoms with van der Waals surface area (Å²) in [7, 11) is 0. The van der Waals surface area contributed by atoms with Gasteiger partial charge in [-0.05, 0) is 24.5 Å². The van der Waals surface area contributed by atoms with Crippen LogP contribution in [0.5, 0.6) is 0 Å². The highest BCUT2D eigenvalue weighted by Gasteiger charge is 2.25. The number of aliphatic hydroxyl groups is 1. The molecule has 1 aromatic heterocycles. The molecule has 0 amide bonds. The molecule has 3 N–H and O–H groups in total. The van der Waals surface area contributed by atoms with Crippen molar-refractivity contribution in [3.63, 3.8) is 0 Å². The summed E-state index contributed by atoms with van der Waals surface area (Å²) in [5.41, 5.74) is 6.52. The standard InChI is InChI=1S/C10H14N2O2/c11-10-4-1-7(5-12-10)9-3-2-8(6-13)14-9/h1,4-5,8-9,13H,2-3,6H2,(H2,11,12)/t8-,9+/m0/s1. The monoisotopic (exact) mass is 194 g/mol. The molecule has 1 saturated heterocycles. The Morgan fingerprint density at radius 2 is 2.36 bits per heavy atom. The normalized spacial score (nSPS) is 26.6. The molecule has 0 radical (unpaired) electrons. The molecule has 0 spiro atoms. The van der Waals surface area contributed by atoms with Crippen LogP contribution in [0.2, 0.25) is 0 Å². The van der Waals surface area contributed by atoms with Crippen molar-refractivity contribution in [1.29, 1.82) is 0 Å². The number of aromatic nitrogens is 1. The van der Waals surface area contributed by atoms with E-state index in [1.165, 1.54) is 0 Å². The van der Waals surface area contributed by atoms with Crippen molar-refractivity contribution in [2.75, 3.05) is 12.3 Å². The van der Waals surface area contributed by atoms with Gasteiger partial charge in [-0.2, -0.15) is 0 Å². The van der Waals surface area contributed by atoms with E-state index in [9.17, 15) is 0 Å². The summed E-state index contributed by atoms with van der Waals surface area (Å²) in [4.78, 5) is 4.01. The lowest BCUT2D eigenvalue weighted by Gasteiger charge is -2.11. The van der Waals surface area contributed by atoms with E-state index < -0.39 is 0 Å². The van der Waals surface area contributed by atoms with Gasteiger partial charge >= 0.3 is 0 Å². The predicted molar refractivity (Wildman–Crippen MR) is 52.6 cm³/mol. The van der Waals surface area contributed by atoms with Gasteiger partial charge < -0.3 is 15.6 Å². The molecule has 4 heteroatoms. The maximum atomic E-state index is 8.91. The van der Waals surface area contributed by atoms with Crippen LogP contribution in [0.1, 0.15) is 24.5 Å². The maximum Gasteiger partial charge on any atom is 0.123 e. The molecule has 0 saturated carbocycles. The lowest BCUT2D eigenvalue weighted by molar-refractivity contribution is 0.0109. The highest BCUT2D eigenvalue weighted by atomic mass is 16.5. The van der Waals surface area contributed by atoms with Crippen molar-refractivity contribution >= 4 is 5.82 Å². The molecule has 4 nitrogen and oxygen atoms in total. The van der Waals surface area contributed by atoms with Gasteiger partial charge in [0.05, 0.1) is 18.8 Å². The summed E-state index contributed by atoms with van der Waals surface area (Å²) in [5.74, 6) is 0.519. The van der Waals surface area contributed by atoms with E-state index in [1.807, 2.05) is 6.07 Å². The summed E-state index contributed by atoms with van der Waals surface area (Å²) >= 11 is 0. The molecule has 0 aromatic carbocycles. The van der Waals surface area contributed by atoms with E-state index in [1.54, 1.807) is 12.3 Å². The Labute approximate surface area is 82.7 Å². The number of pyridine rings is 1. The minimum atomic E-state index is -0.0162. The van der Waals surface area contributed by atoms with Crippen molar-refractivity contribution < 1.29 is 9.84 Å².